The molecule has 2 rings (SSSR count). The van der Waals surface area contributed by atoms with E-state index in [1.165, 1.54) is 0 Å². The van der Waals surface area contributed by atoms with Gasteiger partial charge in [0.2, 0.25) is 5.95 Å². The quantitative estimate of drug-likeness (QED) is 0.836. The van der Waals surface area contributed by atoms with Crippen molar-refractivity contribution in [3.8, 4) is 0 Å². The van der Waals surface area contributed by atoms with Crippen molar-refractivity contribution in [1.29, 1.82) is 0 Å². The van der Waals surface area contributed by atoms with Gasteiger partial charge in [-0.3, -0.25) is 0 Å². The van der Waals surface area contributed by atoms with Crippen LogP contribution in [-0.4, -0.2) is 52.0 Å². The third-order valence-electron chi connectivity index (χ3n) is 3.53. The Hall–Kier alpha value is -2.10. The fourth-order valence-electron chi connectivity index (χ4n) is 2.37. The fraction of sp³-hybridized carbons (Fsp3) is 0.667. The molecule has 1 saturated heterocycles. The van der Waals surface area contributed by atoms with Crippen LogP contribution in [0.5, 0.6) is 0 Å². The van der Waals surface area contributed by atoms with E-state index in [1.807, 2.05) is 0 Å². The van der Waals surface area contributed by atoms with Crippen LogP contribution in [0.25, 0.3) is 0 Å². The van der Waals surface area contributed by atoms with Crippen LogP contribution in [0.2, 0.25) is 0 Å². The lowest BCUT2D eigenvalue weighted by molar-refractivity contribution is -0.138. The number of alkyl halides is 3. The van der Waals surface area contributed by atoms with Crippen LogP contribution < -0.4 is 10.2 Å². The second-order valence-corrected chi connectivity index (χ2v) is 6.82. The molecule has 10 heteroatoms. The van der Waals surface area contributed by atoms with Crippen LogP contribution in [0.4, 0.5) is 23.9 Å². The first-order valence-corrected chi connectivity index (χ1v) is 7.77. The van der Waals surface area contributed by atoms with Crippen LogP contribution in [0.3, 0.4) is 0 Å². The predicted octanol–water partition coefficient (Wildman–Crippen LogP) is 1.96. The number of nitrogens with zero attached hydrogens (tertiary/aromatic N) is 3. The summed E-state index contributed by atoms with van der Waals surface area (Å²) in [7, 11) is 0. The number of nitrogens with one attached hydrogen (secondary N) is 1. The Kier molecular flexibility index (Phi) is 5.40. The van der Waals surface area contributed by atoms with Crippen molar-refractivity contribution in [1.82, 2.24) is 15.3 Å². The predicted molar refractivity (Wildman–Crippen MR) is 83.0 cm³/mol. The van der Waals surface area contributed by atoms with Crippen molar-refractivity contribution >= 4 is 12.0 Å². The molecule has 1 aromatic rings. The lowest BCUT2D eigenvalue weighted by Gasteiger charge is -2.36. The number of anilines is 1. The molecule has 0 aromatic carbocycles. The average Bonchev–Trinajstić information content (AvgIpc) is 2.46. The second-order valence-electron chi connectivity index (χ2n) is 6.82. The number of hydrogen-bond acceptors (Lipinski definition) is 6. The summed E-state index contributed by atoms with van der Waals surface area (Å²) in [6.07, 6.45) is -4.25. The number of aliphatic hydroxyl groups is 1. The third-order valence-corrected chi connectivity index (χ3v) is 3.53. The molecule has 1 aromatic heterocycles. The zero-order valence-electron chi connectivity index (χ0n) is 14.2. The molecule has 1 aliphatic heterocycles. The number of carbonyl (C=O) groups excluding carboxylic acids is 1. The Morgan fingerprint density at radius 2 is 1.92 bits per heavy atom. The molecule has 1 amide bonds. The van der Waals surface area contributed by atoms with Gasteiger partial charge >= 0.3 is 12.3 Å². The third kappa shape index (κ3) is 5.45. The molecule has 140 valence electrons. The van der Waals surface area contributed by atoms with Gasteiger partial charge in [0.25, 0.3) is 0 Å². The van der Waals surface area contributed by atoms with E-state index in [9.17, 15) is 23.1 Å². The number of rotatable bonds is 2. The van der Waals surface area contributed by atoms with E-state index in [2.05, 4.69) is 15.3 Å². The molecule has 0 aliphatic carbocycles. The highest BCUT2D eigenvalue weighted by molar-refractivity contribution is 5.68. The Labute approximate surface area is 143 Å². The minimum atomic E-state index is -4.50. The van der Waals surface area contributed by atoms with Crippen LogP contribution in [0, 0.1) is 0 Å². The van der Waals surface area contributed by atoms with Crippen LogP contribution in [-0.2, 0) is 10.9 Å². The maximum Gasteiger partial charge on any atom is 0.419 e. The maximum absolute atomic E-state index is 12.5. The number of aromatic nitrogens is 2. The van der Waals surface area contributed by atoms with E-state index in [1.54, 1.807) is 25.7 Å². The number of hydrogen-bond donors (Lipinski definition) is 2. The molecule has 0 radical (unpaired) electrons. The molecule has 1 fully saturated rings. The molecule has 2 N–H and O–H groups in total. The first-order chi connectivity index (χ1) is 11.5. The van der Waals surface area contributed by atoms with E-state index < -0.39 is 35.6 Å². The number of ether oxygens (including phenoxy) is 1. The number of piperidine rings is 1. The molecule has 0 saturated carbocycles. The minimum Gasteiger partial charge on any atom is -0.444 e. The van der Waals surface area contributed by atoms with Crippen molar-refractivity contribution < 1.29 is 27.8 Å². The summed E-state index contributed by atoms with van der Waals surface area (Å²) in [6.45, 7) is 5.66. The maximum atomic E-state index is 12.5. The van der Waals surface area contributed by atoms with E-state index in [0.717, 1.165) is 0 Å². The van der Waals surface area contributed by atoms with Crippen LogP contribution in [0.1, 0.15) is 32.8 Å². The molecule has 2 atom stereocenters. The molecule has 25 heavy (non-hydrogen) atoms. The fourth-order valence-corrected chi connectivity index (χ4v) is 2.37. The molecule has 0 unspecified atom stereocenters. The summed E-state index contributed by atoms with van der Waals surface area (Å²) in [6, 6.07) is -0.513. The normalized spacial score (nSPS) is 21.8. The van der Waals surface area contributed by atoms with Gasteiger partial charge in [-0.15, -0.1) is 0 Å². The SMILES string of the molecule is CC(C)(C)OC(=O)N[C@H]1CCN(c2ncc(C(F)(F)F)cn2)C[C@@H]1O. The largest absolute Gasteiger partial charge is 0.444 e. The Morgan fingerprint density at radius 3 is 2.40 bits per heavy atom. The standard InChI is InChI=1S/C15H21F3N4O3/c1-14(2,3)25-13(24)21-10-4-5-22(8-11(10)23)12-19-6-9(7-20-12)15(16,17)18/h6-7,10-11,23H,4-5,8H2,1-3H3,(H,21,24)/t10-,11-/m0/s1. The number of aliphatic hydroxyl groups excluding tert-OH is 1. The first-order valence-electron chi connectivity index (χ1n) is 7.77. The zero-order valence-corrected chi connectivity index (χ0v) is 14.2. The van der Waals surface area contributed by atoms with E-state index in [0.29, 0.717) is 25.4 Å². The summed E-state index contributed by atoms with van der Waals surface area (Å²) in [4.78, 5) is 20.8. The molecule has 0 spiro atoms. The average molecular weight is 362 g/mol. The summed E-state index contributed by atoms with van der Waals surface area (Å²) in [5, 5.41) is 12.8. The van der Waals surface area contributed by atoms with Gasteiger partial charge in [-0.25, -0.2) is 14.8 Å². The first kappa shape index (κ1) is 19.2. The second kappa shape index (κ2) is 7.03. The van der Waals surface area contributed by atoms with Gasteiger partial charge in [-0.05, 0) is 27.2 Å². The number of carbonyl (C=O) groups is 1. The van der Waals surface area contributed by atoms with Crippen LogP contribution in [0.15, 0.2) is 12.4 Å². The van der Waals surface area contributed by atoms with Crippen molar-refractivity contribution in [2.75, 3.05) is 18.0 Å². The highest BCUT2D eigenvalue weighted by Gasteiger charge is 2.33. The Balaban J connectivity index is 1.94. The highest BCUT2D eigenvalue weighted by Crippen LogP contribution is 2.28. The number of amides is 1. The van der Waals surface area contributed by atoms with Crippen LogP contribution >= 0.6 is 0 Å². The Bertz CT molecular complexity index is 602. The summed E-state index contributed by atoms with van der Waals surface area (Å²) in [5.74, 6) is 0.0998. The molecule has 1 aliphatic rings. The number of halogens is 3. The summed E-state index contributed by atoms with van der Waals surface area (Å²) >= 11 is 0. The smallest absolute Gasteiger partial charge is 0.419 e. The van der Waals surface area contributed by atoms with E-state index >= 15 is 0 Å². The van der Waals surface area contributed by atoms with Gasteiger partial charge in [0.15, 0.2) is 0 Å². The zero-order chi connectivity index (χ0) is 18.8. The lowest BCUT2D eigenvalue weighted by Crippen LogP contribution is -2.55. The van der Waals surface area contributed by atoms with Gasteiger partial charge in [0, 0.05) is 25.5 Å². The molecular weight excluding hydrogens is 341 g/mol. The van der Waals surface area contributed by atoms with E-state index in [-0.39, 0.29) is 12.5 Å². The van der Waals surface area contributed by atoms with Gasteiger partial charge in [0.05, 0.1) is 17.7 Å². The minimum absolute atomic E-state index is 0.0891. The lowest BCUT2D eigenvalue weighted by atomic mass is 10.0. The van der Waals surface area contributed by atoms with Crippen molar-refractivity contribution in [3.05, 3.63) is 18.0 Å². The van der Waals surface area contributed by atoms with Gasteiger partial charge in [-0.1, -0.05) is 0 Å². The van der Waals surface area contributed by atoms with Gasteiger partial charge < -0.3 is 20.1 Å². The van der Waals surface area contributed by atoms with Crippen molar-refractivity contribution in [2.45, 2.75) is 51.1 Å². The molecule has 2 heterocycles. The number of alkyl carbamates (subject to hydrolysis) is 1. The van der Waals surface area contributed by atoms with E-state index in [4.69, 9.17) is 4.74 Å². The Morgan fingerprint density at radius 1 is 1.32 bits per heavy atom. The van der Waals surface area contributed by atoms with Crippen molar-refractivity contribution in [3.63, 3.8) is 0 Å². The summed E-state index contributed by atoms with van der Waals surface area (Å²) < 4.78 is 42.7. The van der Waals surface area contributed by atoms with Gasteiger partial charge in [0.1, 0.15) is 5.60 Å². The summed E-state index contributed by atoms with van der Waals surface area (Å²) in [5.41, 5.74) is -1.58. The molecule has 0 bridgehead atoms. The topological polar surface area (TPSA) is 87.6 Å². The highest BCUT2D eigenvalue weighted by atomic mass is 19.4. The van der Waals surface area contributed by atoms with Crippen molar-refractivity contribution in [2.24, 2.45) is 0 Å². The molecular formula is C15H21F3N4O3. The van der Waals surface area contributed by atoms with Gasteiger partial charge in [-0.2, -0.15) is 13.2 Å². The monoisotopic (exact) mass is 362 g/mol. The number of β-amino-alcohol motifs (C(OH)–C–C–N with tert-alkyl or cyclic N) is 1. The molecule has 7 nitrogen and oxygen atoms in total.